The number of carbonyl (C=O) groups excluding carboxylic acids is 4. The second-order valence-corrected chi connectivity index (χ2v) is 8.98. The van der Waals surface area contributed by atoms with Gasteiger partial charge >= 0.3 is 0 Å². The zero-order valence-electron chi connectivity index (χ0n) is 20.5. The third-order valence-corrected chi connectivity index (χ3v) is 5.99. The molecule has 2 unspecified atom stereocenters. The van der Waals surface area contributed by atoms with Crippen LogP contribution < -0.4 is 0 Å². The molecule has 0 aliphatic carbocycles. The highest BCUT2D eigenvalue weighted by Gasteiger charge is 2.43. The highest BCUT2D eigenvalue weighted by Crippen LogP contribution is 2.33. The summed E-state index contributed by atoms with van der Waals surface area (Å²) in [7, 11) is 0. The van der Waals surface area contributed by atoms with Crippen LogP contribution in [0.3, 0.4) is 0 Å². The molecule has 0 saturated carbocycles. The smallest absolute Gasteiger partial charge is 0.174 e. The highest BCUT2D eigenvalue weighted by molar-refractivity contribution is 6.09. The first kappa shape index (κ1) is 26.9. The molecule has 0 spiro atoms. The van der Waals surface area contributed by atoms with Crippen LogP contribution in [-0.4, -0.2) is 34.3 Å². The zero-order chi connectivity index (χ0) is 25.5. The number of benzene rings is 2. The Labute approximate surface area is 201 Å². The van der Waals surface area contributed by atoms with E-state index in [2.05, 4.69) is 11.8 Å². The Hall–Kier alpha value is -3.36. The van der Waals surface area contributed by atoms with Crippen molar-refractivity contribution >= 4 is 23.1 Å². The van der Waals surface area contributed by atoms with Crippen molar-refractivity contribution in [3.63, 3.8) is 0 Å². The molecule has 0 fully saturated rings. The quantitative estimate of drug-likeness (QED) is 0.312. The standard InChI is InChI=1S/C29H32O5/c1-6-7-26(32)29(5,28(34)21(4)31)18-19(2)27(33)25-16-12-23(13-17-25)9-8-22-10-14-24(15-11-22)20(3)30/h10-17,19,21,31H,6-7,18H2,1-5H3/t19?,21?,29-/m0/s1. The van der Waals surface area contributed by atoms with Crippen LogP contribution in [0.4, 0.5) is 0 Å². The predicted molar refractivity (Wildman–Crippen MR) is 132 cm³/mol. The third kappa shape index (κ3) is 6.59. The van der Waals surface area contributed by atoms with Crippen molar-refractivity contribution in [3.8, 4) is 11.8 Å². The monoisotopic (exact) mass is 460 g/mol. The van der Waals surface area contributed by atoms with Crippen molar-refractivity contribution < 1.29 is 24.3 Å². The number of rotatable bonds is 10. The maximum Gasteiger partial charge on any atom is 0.174 e. The molecule has 0 amide bonds. The summed E-state index contributed by atoms with van der Waals surface area (Å²) < 4.78 is 0. The van der Waals surface area contributed by atoms with Crippen molar-refractivity contribution in [2.75, 3.05) is 0 Å². The molecule has 2 aromatic rings. The van der Waals surface area contributed by atoms with Gasteiger partial charge in [0, 0.05) is 34.6 Å². The number of aliphatic hydroxyl groups excluding tert-OH is 1. The Balaban J connectivity index is 2.16. The summed E-state index contributed by atoms with van der Waals surface area (Å²) in [6.45, 7) is 7.95. The number of Topliss-reactive ketones (excluding diaryl/α,β-unsaturated/α-hetero) is 4. The second kappa shape index (κ2) is 11.7. The van der Waals surface area contributed by atoms with Crippen LogP contribution in [0.5, 0.6) is 0 Å². The molecular weight excluding hydrogens is 428 g/mol. The van der Waals surface area contributed by atoms with Gasteiger partial charge in [0.25, 0.3) is 0 Å². The number of hydrogen-bond acceptors (Lipinski definition) is 5. The van der Waals surface area contributed by atoms with Gasteiger partial charge in [-0.2, -0.15) is 0 Å². The summed E-state index contributed by atoms with van der Waals surface area (Å²) in [5.41, 5.74) is 1.20. The SMILES string of the molecule is CCCC(=O)[C@](C)(CC(C)C(=O)c1ccc(C#Cc2ccc(C(C)=O)cc2)cc1)C(=O)C(C)O. The third-order valence-electron chi connectivity index (χ3n) is 5.99. The van der Waals surface area contributed by atoms with Crippen LogP contribution in [0, 0.1) is 23.2 Å². The van der Waals surface area contributed by atoms with Gasteiger partial charge in [0.1, 0.15) is 11.9 Å². The molecule has 1 N–H and O–H groups in total. The van der Waals surface area contributed by atoms with Crippen molar-refractivity contribution in [2.24, 2.45) is 11.3 Å². The van der Waals surface area contributed by atoms with Gasteiger partial charge in [0.15, 0.2) is 17.3 Å². The van der Waals surface area contributed by atoms with Crippen LogP contribution in [0.25, 0.3) is 0 Å². The van der Waals surface area contributed by atoms with Gasteiger partial charge in [-0.3, -0.25) is 19.2 Å². The lowest BCUT2D eigenvalue weighted by molar-refractivity contribution is -0.145. The van der Waals surface area contributed by atoms with E-state index in [9.17, 15) is 24.3 Å². The van der Waals surface area contributed by atoms with Crippen molar-refractivity contribution in [2.45, 2.75) is 60.0 Å². The minimum Gasteiger partial charge on any atom is -0.386 e. The average Bonchev–Trinajstić information content (AvgIpc) is 2.82. The average molecular weight is 461 g/mol. The minimum atomic E-state index is -1.40. The fraction of sp³-hybridized carbons (Fsp3) is 0.379. The first-order valence-corrected chi connectivity index (χ1v) is 11.5. The molecule has 5 nitrogen and oxygen atoms in total. The van der Waals surface area contributed by atoms with Crippen molar-refractivity contribution in [1.29, 1.82) is 0 Å². The molecule has 0 heterocycles. The lowest BCUT2D eigenvalue weighted by Gasteiger charge is -2.30. The van der Waals surface area contributed by atoms with Gasteiger partial charge in [-0.15, -0.1) is 0 Å². The molecule has 0 radical (unpaired) electrons. The minimum absolute atomic E-state index is 0.000670. The molecule has 5 heteroatoms. The fourth-order valence-corrected chi connectivity index (χ4v) is 3.96. The predicted octanol–water partition coefficient (Wildman–Crippen LogP) is 4.82. The Morgan fingerprint density at radius 1 is 0.882 bits per heavy atom. The van der Waals surface area contributed by atoms with E-state index < -0.39 is 23.2 Å². The van der Waals surface area contributed by atoms with Gasteiger partial charge in [-0.25, -0.2) is 0 Å². The van der Waals surface area contributed by atoms with E-state index >= 15 is 0 Å². The number of aliphatic hydroxyl groups is 1. The van der Waals surface area contributed by atoms with E-state index in [0.717, 1.165) is 11.1 Å². The Kier molecular flexibility index (Phi) is 9.23. The van der Waals surface area contributed by atoms with Gasteiger partial charge in [-0.1, -0.05) is 50.0 Å². The summed E-state index contributed by atoms with van der Waals surface area (Å²) in [6, 6.07) is 13.9. The maximum absolute atomic E-state index is 13.0. The fourth-order valence-electron chi connectivity index (χ4n) is 3.96. The largest absolute Gasteiger partial charge is 0.386 e. The Bertz CT molecular complexity index is 1110. The summed E-state index contributed by atoms with van der Waals surface area (Å²) >= 11 is 0. The van der Waals surface area contributed by atoms with E-state index in [1.165, 1.54) is 20.8 Å². The molecular formula is C29H32O5. The summed E-state index contributed by atoms with van der Waals surface area (Å²) in [6.07, 6.45) is -0.412. The Morgan fingerprint density at radius 3 is 1.76 bits per heavy atom. The van der Waals surface area contributed by atoms with Crippen molar-refractivity contribution in [3.05, 3.63) is 70.8 Å². The normalized spacial score (nSPS) is 14.2. The van der Waals surface area contributed by atoms with E-state index in [-0.39, 0.29) is 30.2 Å². The number of carbonyl (C=O) groups is 4. The Morgan fingerprint density at radius 2 is 1.35 bits per heavy atom. The van der Waals surface area contributed by atoms with Gasteiger partial charge < -0.3 is 5.11 Å². The van der Waals surface area contributed by atoms with Crippen LogP contribution >= 0.6 is 0 Å². The first-order chi connectivity index (χ1) is 16.0. The number of hydrogen-bond donors (Lipinski definition) is 1. The van der Waals surface area contributed by atoms with Crippen molar-refractivity contribution in [1.82, 2.24) is 0 Å². The van der Waals surface area contributed by atoms with E-state index in [4.69, 9.17) is 0 Å². The lowest BCUT2D eigenvalue weighted by Crippen LogP contribution is -2.43. The van der Waals surface area contributed by atoms with Gasteiger partial charge in [0.05, 0.1) is 5.41 Å². The lowest BCUT2D eigenvalue weighted by atomic mass is 9.71. The second-order valence-electron chi connectivity index (χ2n) is 8.98. The van der Waals surface area contributed by atoms with Crippen LogP contribution in [0.2, 0.25) is 0 Å². The molecule has 0 aliphatic heterocycles. The summed E-state index contributed by atoms with van der Waals surface area (Å²) in [5, 5.41) is 9.83. The summed E-state index contributed by atoms with van der Waals surface area (Å²) in [5.74, 6) is 4.52. The van der Waals surface area contributed by atoms with Gasteiger partial charge in [-0.05, 0) is 57.9 Å². The van der Waals surface area contributed by atoms with Gasteiger partial charge in [0.2, 0.25) is 0 Å². The van der Waals surface area contributed by atoms with E-state index in [1.54, 1.807) is 55.5 Å². The highest BCUT2D eigenvalue weighted by atomic mass is 16.3. The molecule has 34 heavy (non-hydrogen) atoms. The molecule has 0 bridgehead atoms. The first-order valence-electron chi connectivity index (χ1n) is 11.5. The van der Waals surface area contributed by atoms with Crippen LogP contribution in [0.1, 0.15) is 85.7 Å². The van der Waals surface area contributed by atoms with E-state index in [1.807, 2.05) is 6.92 Å². The number of ketones is 4. The topological polar surface area (TPSA) is 88.5 Å². The molecule has 3 atom stereocenters. The molecule has 0 saturated heterocycles. The zero-order valence-corrected chi connectivity index (χ0v) is 20.5. The van der Waals surface area contributed by atoms with Crippen LogP contribution in [0.15, 0.2) is 48.5 Å². The van der Waals surface area contributed by atoms with E-state index in [0.29, 0.717) is 17.5 Å². The molecule has 2 rings (SSSR count). The summed E-state index contributed by atoms with van der Waals surface area (Å²) in [4.78, 5) is 49.8. The molecule has 0 aliphatic rings. The molecule has 0 aromatic heterocycles. The molecule has 178 valence electrons. The van der Waals surface area contributed by atoms with Crippen LogP contribution in [-0.2, 0) is 9.59 Å². The maximum atomic E-state index is 13.0. The molecule has 2 aromatic carbocycles.